The van der Waals surface area contributed by atoms with Crippen LogP contribution in [0.1, 0.15) is 25.0 Å². The summed E-state index contributed by atoms with van der Waals surface area (Å²) < 4.78 is 0. The van der Waals surface area contributed by atoms with Gasteiger partial charge in [-0.2, -0.15) is 0 Å². The van der Waals surface area contributed by atoms with Crippen molar-refractivity contribution in [2.45, 2.75) is 27.2 Å². The van der Waals surface area contributed by atoms with Gasteiger partial charge in [-0.15, -0.1) is 0 Å². The van der Waals surface area contributed by atoms with Crippen LogP contribution in [0.4, 0.5) is 0 Å². The number of carbonyl (C=O) groups is 1. The van der Waals surface area contributed by atoms with Gasteiger partial charge in [0.2, 0.25) is 0 Å². The van der Waals surface area contributed by atoms with Crippen molar-refractivity contribution >= 4 is 5.97 Å². The molecule has 15 heavy (non-hydrogen) atoms. The van der Waals surface area contributed by atoms with Crippen LogP contribution in [0.3, 0.4) is 0 Å². The molecule has 0 unspecified atom stereocenters. The zero-order valence-electron chi connectivity index (χ0n) is 9.24. The fourth-order valence-corrected chi connectivity index (χ4v) is 1.41. The van der Waals surface area contributed by atoms with Gasteiger partial charge in [-0.3, -0.25) is 4.79 Å². The normalized spacial score (nSPS) is 11.4. The number of aliphatic carboxylic acids is 1. The molecule has 0 radical (unpaired) electrons. The number of phenolic OH excluding ortho intramolecular Hbond substituents is 1. The first kappa shape index (κ1) is 11.6. The highest BCUT2D eigenvalue weighted by molar-refractivity contribution is 5.74. The van der Waals surface area contributed by atoms with E-state index in [-0.39, 0.29) is 5.75 Å². The number of carboxylic acid groups (broad SMARTS) is 1. The second-order valence-electron chi connectivity index (χ2n) is 4.43. The maximum Gasteiger partial charge on any atom is 0.309 e. The molecule has 0 saturated heterocycles. The summed E-state index contributed by atoms with van der Waals surface area (Å²) in [5.41, 5.74) is 0.827. The molecule has 82 valence electrons. The molecule has 1 rings (SSSR count). The summed E-state index contributed by atoms with van der Waals surface area (Å²) in [6, 6.07) is 5.18. The van der Waals surface area contributed by atoms with E-state index in [4.69, 9.17) is 5.11 Å². The lowest BCUT2D eigenvalue weighted by molar-refractivity contribution is -0.146. The number of hydrogen-bond acceptors (Lipinski definition) is 2. The number of hydrogen-bond donors (Lipinski definition) is 2. The van der Waals surface area contributed by atoms with E-state index in [0.29, 0.717) is 6.42 Å². The summed E-state index contributed by atoms with van der Waals surface area (Å²) in [5, 5.41) is 18.5. The Bertz CT molecular complexity index is 380. The van der Waals surface area contributed by atoms with Crippen LogP contribution in [0.5, 0.6) is 5.75 Å². The first-order valence-corrected chi connectivity index (χ1v) is 4.85. The van der Waals surface area contributed by atoms with Gasteiger partial charge in [0.15, 0.2) is 0 Å². The molecule has 2 N–H and O–H groups in total. The van der Waals surface area contributed by atoms with E-state index in [1.54, 1.807) is 32.9 Å². The van der Waals surface area contributed by atoms with Crippen LogP contribution >= 0.6 is 0 Å². The lowest BCUT2D eigenvalue weighted by Gasteiger charge is -2.20. The zero-order valence-corrected chi connectivity index (χ0v) is 9.24. The number of carboxylic acids is 1. The molecule has 0 aromatic heterocycles. The van der Waals surface area contributed by atoms with Gasteiger partial charge in [-0.05, 0) is 44.4 Å². The molecular formula is C12H16O3. The number of rotatable bonds is 3. The molecular weight excluding hydrogens is 192 g/mol. The van der Waals surface area contributed by atoms with Crippen molar-refractivity contribution in [3.8, 4) is 5.75 Å². The van der Waals surface area contributed by atoms with Crippen molar-refractivity contribution in [1.29, 1.82) is 0 Å². The Morgan fingerprint density at radius 1 is 1.40 bits per heavy atom. The van der Waals surface area contributed by atoms with Crippen LogP contribution < -0.4 is 0 Å². The van der Waals surface area contributed by atoms with Crippen molar-refractivity contribution in [3.05, 3.63) is 29.3 Å². The highest BCUT2D eigenvalue weighted by Gasteiger charge is 2.28. The molecule has 0 amide bonds. The van der Waals surface area contributed by atoms with Crippen molar-refractivity contribution in [1.82, 2.24) is 0 Å². The minimum atomic E-state index is -0.828. The molecule has 0 atom stereocenters. The first-order chi connectivity index (χ1) is 6.84. The van der Waals surface area contributed by atoms with Gasteiger partial charge in [-0.25, -0.2) is 0 Å². The average Bonchev–Trinajstić information content (AvgIpc) is 2.12. The van der Waals surface area contributed by atoms with Gasteiger partial charge in [-0.1, -0.05) is 12.1 Å². The van der Waals surface area contributed by atoms with Crippen LogP contribution in [-0.2, 0) is 11.2 Å². The summed E-state index contributed by atoms with van der Waals surface area (Å²) in [6.45, 7) is 5.15. The van der Waals surface area contributed by atoms with Gasteiger partial charge < -0.3 is 10.2 Å². The number of benzene rings is 1. The SMILES string of the molecule is Cc1c(O)cccc1CC(C)(C)C(=O)O. The Morgan fingerprint density at radius 3 is 2.53 bits per heavy atom. The number of phenols is 1. The Labute approximate surface area is 89.4 Å². The van der Waals surface area contributed by atoms with Crippen LogP contribution in [-0.4, -0.2) is 16.2 Å². The van der Waals surface area contributed by atoms with E-state index in [9.17, 15) is 9.90 Å². The second-order valence-corrected chi connectivity index (χ2v) is 4.43. The molecule has 1 aromatic rings. The van der Waals surface area contributed by atoms with E-state index in [0.717, 1.165) is 11.1 Å². The van der Waals surface area contributed by atoms with E-state index in [1.165, 1.54) is 0 Å². The predicted molar refractivity (Wildman–Crippen MR) is 58.0 cm³/mol. The van der Waals surface area contributed by atoms with Gasteiger partial charge >= 0.3 is 5.97 Å². The Balaban J connectivity index is 3.00. The fraction of sp³-hybridized carbons (Fsp3) is 0.417. The lowest BCUT2D eigenvalue weighted by atomic mass is 9.84. The quantitative estimate of drug-likeness (QED) is 0.801. The minimum Gasteiger partial charge on any atom is -0.508 e. The molecule has 0 fully saturated rings. The van der Waals surface area contributed by atoms with Gasteiger partial charge in [0.05, 0.1) is 5.41 Å². The van der Waals surface area contributed by atoms with Crippen LogP contribution in [0.25, 0.3) is 0 Å². The van der Waals surface area contributed by atoms with Crippen molar-refractivity contribution in [2.24, 2.45) is 5.41 Å². The third-order valence-electron chi connectivity index (χ3n) is 2.63. The zero-order chi connectivity index (χ0) is 11.6. The Hall–Kier alpha value is -1.51. The predicted octanol–water partition coefficient (Wildman–Crippen LogP) is 2.35. The molecule has 0 spiro atoms. The van der Waals surface area contributed by atoms with Crippen LogP contribution in [0.15, 0.2) is 18.2 Å². The van der Waals surface area contributed by atoms with E-state index < -0.39 is 11.4 Å². The molecule has 1 aromatic carbocycles. The number of aromatic hydroxyl groups is 1. The molecule has 0 aliphatic rings. The van der Waals surface area contributed by atoms with Crippen molar-refractivity contribution in [2.75, 3.05) is 0 Å². The first-order valence-electron chi connectivity index (χ1n) is 4.85. The summed E-state index contributed by atoms with van der Waals surface area (Å²) >= 11 is 0. The van der Waals surface area contributed by atoms with Crippen molar-refractivity contribution < 1.29 is 15.0 Å². The van der Waals surface area contributed by atoms with Gasteiger partial charge in [0.1, 0.15) is 5.75 Å². The van der Waals surface area contributed by atoms with E-state index in [1.807, 2.05) is 6.07 Å². The van der Waals surface area contributed by atoms with Crippen LogP contribution in [0, 0.1) is 12.3 Å². The summed E-state index contributed by atoms with van der Waals surface area (Å²) in [6.07, 6.45) is 0.419. The Morgan fingerprint density at radius 2 is 2.00 bits per heavy atom. The minimum absolute atomic E-state index is 0.216. The van der Waals surface area contributed by atoms with Gasteiger partial charge in [0, 0.05) is 0 Å². The summed E-state index contributed by atoms with van der Waals surface area (Å²) in [7, 11) is 0. The average molecular weight is 208 g/mol. The van der Waals surface area contributed by atoms with Crippen LogP contribution in [0.2, 0.25) is 0 Å². The molecule has 3 nitrogen and oxygen atoms in total. The summed E-state index contributed by atoms with van der Waals surface area (Å²) in [4.78, 5) is 11.0. The molecule has 0 bridgehead atoms. The maximum atomic E-state index is 11.0. The molecule has 0 heterocycles. The monoisotopic (exact) mass is 208 g/mol. The highest BCUT2D eigenvalue weighted by atomic mass is 16.4. The van der Waals surface area contributed by atoms with E-state index in [2.05, 4.69) is 0 Å². The topological polar surface area (TPSA) is 57.5 Å². The third kappa shape index (κ3) is 2.49. The molecule has 3 heteroatoms. The smallest absolute Gasteiger partial charge is 0.309 e. The Kier molecular flexibility index (Phi) is 3.03. The van der Waals surface area contributed by atoms with Crippen molar-refractivity contribution in [3.63, 3.8) is 0 Å². The summed E-state index contributed by atoms with van der Waals surface area (Å²) in [5.74, 6) is -0.612. The standard InChI is InChI=1S/C12H16O3/c1-8-9(5-4-6-10(8)13)7-12(2,3)11(14)15/h4-6,13H,7H2,1-3H3,(H,14,15). The van der Waals surface area contributed by atoms with E-state index >= 15 is 0 Å². The molecule has 0 aliphatic carbocycles. The largest absolute Gasteiger partial charge is 0.508 e. The molecule has 0 saturated carbocycles. The highest BCUT2D eigenvalue weighted by Crippen LogP contribution is 2.27. The fourth-order valence-electron chi connectivity index (χ4n) is 1.41. The van der Waals surface area contributed by atoms with Gasteiger partial charge in [0.25, 0.3) is 0 Å². The maximum absolute atomic E-state index is 11.0. The third-order valence-corrected chi connectivity index (χ3v) is 2.63. The second kappa shape index (κ2) is 3.93. The molecule has 0 aliphatic heterocycles. The lowest BCUT2D eigenvalue weighted by Crippen LogP contribution is -2.26.